The number of benzene rings is 2. The van der Waals surface area contributed by atoms with Gasteiger partial charge in [-0.15, -0.1) is 0 Å². The Balaban J connectivity index is 1.58. The van der Waals surface area contributed by atoms with E-state index in [-0.39, 0.29) is 19.1 Å². The quantitative estimate of drug-likeness (QED) is 0.428. The number of ether oxygens (including phenoxy) is 2. The predicted octanol–water partition coefficient (Wildman–Crippen LogP) is 4.19. The summed E-state index contributed by atoms with van der Waals surface area (Å²) in [5, 5.41) is 10.8. The predicted molar refractivity (Wildman–Crippen MR) is 157 cm³/mol. The highest BCUT2D eigenvalue weighted by molar-refractivity contribution is 6.06. The van der Waals surface area contributed by atoms with Gasteiger partial charge in [0.2, 0.25) is 5.91 Å². The third kappa shape index (κ3) is 4.14. The van der Waals surface area contributed by atoms with Gasteiger partial charge in [0.1, 0.15) is 23.2 Å². The van der Waals surface area contributed by atoms with E-state index in [1.165, 1.54) is 4.90 Å². The van der Waals surface area contributed by atoms with Gasteiger partial charge in [-0.2, -0.15) is 0 Å². The molecule has 0 aliphatic carbocycles. The van der Waals surface area contributed by atoms with Crippen molar-refractivity contribution in [3.8, 4) is 0 Å². The molecular weight excluding hydrogens is 532 g/mol. The molecule has 1 N–H and O–H groups in total. The van der Waals surface area contributed by atoms with Gasteiger partial charge in [0, 0.05) is 12.2 Å². The Hall–Kier alpha value is -3.75. The van der Waals surface area contributed by atoms with E-state index in [2.05, 4.69) is 0 Å². The molecule has 1 spiro atoms. The highest BCUT2D eigenvalue weighted by Gasteiger charge is 2.76. The zero-order chi connectivity index (χ0) is 29.6. The Kier molecular flexibility index (Phi) is 7.31. The first-order valence-electron chi connectivity index (χ1n) is 14.9. The van der Waals surface area contributed by atoms with Gasteiger partial charge < -0.3 is 24.4 Å². The number of likely N-dealkylation sites (tertiary alicyclic amines) is 1. The fourth-order valence-corrected chi connectivity index (χ4v) is 7.61. The van der Waals surface area contributed by atoms with Gasteiger partial charge in [-0.05, 0) is 49.8 Å². The monoisotopic (exact) mass is 570 g/mol. The van der Waals surface area contributed by atoms with Crippen LogP contribution in [0.1, 0.15) is 48.9 Å². The smallest absolute Gasteiger partial charge is 0.313 e. The molecule has 0 radical (unpaired) electrons. The first kappa shape index (κ1) is 28.4. The van der Waals surface area contributed by atoms with E-state index in [1.807, 2.05) is 93.6 Å². The summed E-state index contributed by atoms with van der Waals surface area (Å²) in [4.78, 5) is 46.7. The van der Waals surface area contributed by atoms with Crippen molar-refractivity contribution in [2.24, 2.45) is 11.8 Å². The van der Waals surface area contributed by atoms with Crippen molar-refractivity contribution in [3.63, 3.8) is 0 Å². The number of cyclic esters (lactones) is 1. The van der Waals surface area contributed by atoms with Gasteiger partial charge >= 0.3 is 5.97 Å². The van der Waals surface area contributed by atoms with Gasteiger partial charge in [-0.25, -0.2) is 0 Å². The van der Waals surface area contributed by atoms with Gasteiger partial charge in [0.05, 0.1) is 25.2 Å². The molecule has 4 aliphatic heterocycles. The summed E-state index contributed by atoms with van der Waals surface area (Å²) in [6, 6.07) is 13.2. The van der Waals surface area contributed by atoms with Crippen molar-refractivity contribution in [2.45, 2.75) is 63.3 Å². The number of amides is 2. The third-order valence-corrected chi connectivity index (χ3v) is 9.47. The number of aryl methyl sites for hydroxylation is 2. The molecular formula is C34H38N2O6. The Morgan fingerprint density at radius 1 is 0.952 bits per heavy atom. The lowest BCUT2D eigenvalue weighted by Crippen LogP contribution is -2.57. The number of hydrogen-bond acceptors (Lipinski definition) is 6. The molecule has 0 aromatic heterocycles. The summed E-state index contributed by atoms with van der Waals surface area (Å²) >= 11 is 0. The number of aliphatic hydroxyl groups excluding tert-OH is 1. The number of allylic oxidation sites excluding steroid dienone is 1. The average Bonchev–Trinajstić information content (AvgIpc) is 3.37. The highest BCUT2D eigenvalue weighted by Crippen LogP contribution is 2.59. The van der Waals surface area contributed by atoms with E-state index >= 15 is 0 Å². The Labute approximate surface area is 246 Å². The van der Waals surface area contributed by atoms with E-state index in [0.29, 0.717) is 24.8 Å². The minimum atomic E-state index is -1.44. The second-order valence-corrected chi connectivity index (χ2v) is 11.8. The van der Waals surface area contributed by atoms with Crippen molar-refractivity contribution in [1.82, 2.24) is 4.90 Å². The van der Waals surface area contributed by atoms with Crippen LogP contribution in [0.3, 0.4) is 0 Å². The highest BCUT2D eigenvalue weighted by atomic mass is 16.6. The lowest BCUT2D eigenvalue weighted by molar-refractivity contribution is -0.161. The normalized spacial score (nSPS) is 32.2. The minimum absolute atomic E-state index is 0.249. The Morgan fingerprint density at radius 3 is 2.38 bits per heavy atom. The van der Waals surface area contributed by atoms with Crippen LogP contribution in [0.25, 0.3) is 0 Å². The number of anilines is 1. The molecule has 4 heterocycles. The summed E-state index contributed by atoms with van der Waals surface area (Å²) in [5.74, 6) is -3.15. The number of fused-ring (bicyclic) bond motifs is 2. The minimum Gasteiger partial charge on any atom is -0.465 e. The maximum atomic E-state index is 14.9. The van der Waals surface area contributed by atoms with Gasteiger partial charge in [0.25, 0.3) is 5.91 Å². The summed E-state index contributed by atoms with van der Waals surface area (Å²) in [5.41, 5.74) is 0.788. The van der Waals surface area contributed by atoms with Crippen molar-refractivity contribution >= 4 is 23.5 Å². The number of aliphatic hydroxyl groups is 1. The zero-order valence-electron chi connectivity index (χ0n) is 24.4. The van der Waals surface area contributed by atoms with Crippen LogP contribution in [0.15, 0.2) is 72.8 Å². The van der Waals surface area contributed by atoms with E-state index in [1.54, 1.807) is 4.90 Å². The first-order valence-corrected chi connectivity index (χ1v) is 14.9. The van der Waals surface area contributed by atoms with Crippen molar-refractivity contribution in [3.05, 3.63) is 89.5 Å². The second kappa shape index (κ2) is 10.8. The van der Waals surface area contributed by atoms with Crippen molar-refractivity contribution < 1.29 is 29.0 Å². The molecule has 2 saturated heterocycles. The van der Waals surface area contributed by atoms with Crippen LogP contribution in [0, 0.1) is 25.7 Å². The van der Waals surface area contributed by atoms with Crippen LogP contribution in [0.4, 0.5) is 5.69 Å². The Bertz CT molecular complexity index is 1430. The SMILES string of the molecule is CC[C@@]12/C=C\CCCOC(=O)[C@@H]1[C@H]1C(=O)N([C@H](CO)c3ccccc3)C3C(=O)N(c4c(C)cccc4C)CC=C[C@@]31O2. The molecule has 4 aliphatic rings. The lowest BCUT2D eigenvalue weighted by atomic mass is 9.73. The van der Waals surface area contributed by atoms with Crippen LogP contribution in [0.5, 0.6) is 0 Å². The molecule has 8 heteroatoms. The topological polar surface area (TPSA) is 96.4 Å². The molecule has 0 bridgehead atoms. The Morgan fingerprint density at radius 2 is 1.69 bits per heavy atom. The molecule has 2 amide bonds. The van der Waals surface area contributed by atoms with Gasteiger partial charge in [-0.3, -0.25) is 14.4 Å². The van der Waals surface area contributed by atoms with Crippen LogP contribution in [-0.4, -0.2) is 64.8 Å². The maximum Gasteiger partial charge on any atom is 0.313 e. The maximum absolute atomic E-state index is 14.9. The number of nitrogens with zero attached hydrogens (tertiary/aromatic N) is 2. The number of hydrogen-bond donors (Lipinski definition) is 1. The largest absolute Gasteiger partial charge is 0.465 e. The first-order chi connectivity index (χ1) is 20.3. The summed E-state index contributed by atoms with van der Waals surface area (Å²) < 4.78 is 12.8. The summed E-state index contributed by atoms with van der Waals surface area (Å²) in [6.45, 7) is 5.99. The second-order valence-electron chi connectivity index (χ2n) is 11.8. The number of esters is 1. The number of rotatable bonds is 5. The van der Waals surface area contributed by atoms with Crippen molar-refractivity contribution in [2.75, 3.05) is 24.7 Å². The number of carbonyl (C=O) groups excluding carboxylic acids is 3. The summed E-state index contributed by atoms with van der Waals surface area (Å²) in [6.07, 6.45) is 9.44. The molecule has 6 rings (SSSR count). The molecule has 2 fully saturated rings. The average molecular weight is 571 g/mol. The molecule has 1 unspecified atom stereocenters. The molecule has 2 aromatic rings. The zero-order valence-corrected chi connectivity index (χ0v) is 24.4. The molecule has 220 valence electrons. The molecule has 42 heavy (non-hydrogen) atoms. The van der Waals surface area contributed by atoms with Crippen LogP contribution >= 0.6 is 0 Å². The fourth-order valence-electron chi connectivity index (χ4n) is 7.61. The van der Waals surface area contributed by atoms with Gasteiger partial charge in [-0.1, -0.05) is 79.8 Å². The van der Waals surface area contributed by atoms with E-state index < -0.39 is 53.6 Å². The molecule has 2 aromatic carbocycles. The van der Waals surface area contributed by atoms with Crippen molar-refractivity contribution in [1.29, 1.82) is 0 Å². The number of carbonyl (C=O) groups is 3. The molecule has 0 saturated carbocycles. The fraction of sp³-hybridized carbons (Fsp3) is 0.441. The van der Waals surface area contributed by atoms with Gasteiger partial charge in [0.15, 0.2) is 0 Å². The third-order valence-electron chi connectivity index (χ3n) is 9.47. The van der Waals surface area contributed by atoms with Crippen LogP contribution < -0.4 is 4.90 Å². The molecule has 6 atom stereocenters. The van der Waals surface area contributed by atoms with Crippen LogP contribution in [-0.2, 0) is 23.9 Å². The van der Waals surface area contributed by atoms with E-state index in [0.717, 1.165) is 16.8 Å². The molecule has 8 nitrogen and oxygen atoms in total. The summed E-state index contributed by atoms with van der Waals surface area (Å²) in [7, 11) is 0. The standard InChI is InChI=1S/C34H38N2O6/c1-4-33-17-9-6-10-20-41-32(40)27(33)26-30(38)36(25(21-37)24-15-7-5-8-16-24)29-31(39)35(19-12-18-34(26,29)42-33)28-22(2)13-11-14-23(28)3/h5,7-9,11-18,25-27,29,37H,4,6,10,19-21H2,1-3H3/b17-9-/t25-,26+,27+,29?,33-,34+/m1/s1. The number of para-hydroxylation sites is 1. The lowest BCUT2D eigenvalue weighted by Gasteiger charge is -2.41. The van der Waals surface area contributed by atoms with E-state index in [4.69, 9.17) is 9.47 Å². The van der Waals surface area contributed by atoms with Crippen LogP contribution in [0.2, 0.25) is 0 Å². The van der Waals surface area contributed by atoms with E-state index in [9.17, 15) is 19.5 Å².